The number of hydrogen-bond donors (Lipinski definition) is 4. The van der Waals surface area contributed by atoms with E-state index in [1.54, 1.807) is 6.26 Å². The number of hydrogen-bond acceptors (Lipinski definition) is 7. The molecule has 7 heteroatoms. The lowest BCUT2D eigenvalue weighted by Crippen LogP contribution is -2.29. The van der Waals surface area contributed by atoms with Crippen LogP contribution in [0.3, 0.4) is 0 Å². The van der Waals surface area contributed by atoms with Gasteiger partial charge >= 0.3 is 0 Å². The van der Waals surface area contributed by atoms with Gasteiger partial charge in [-0.25, -0.2) is 0 Å². The van der Waals surface area contributed by atoms with E-state index in [0.717, 1.165) is 18.0 Å². The molecule has 1 rings (SSSR count). The fourth-order valence-corrected chi connectivity index (χ4v) is 1.13. The number of rotatable bonds is 1. The van der Waals surface area contributed by atoms with Gasteiger partial charge in [0.2, 0.25) is 0 Å². The molecule has 1 aliphatic rings. The summed E-state index contributed by atoms with van der Waals surface area (Å²) in [6.07, 6.45) is 2.69. The van der Waals surface area contributed by atoms with Crippen LogP contribution >= 0.6 is 11.8 Å². The van der Waals surface area contributed by atoms with Gasteiger partial charge in [-0.3, -0.25) is 10.4 Å². The molecule has 68 valence electrons. The third kappa shape index (κ3) is 1.29. The predicted octanol–water partition coefficient (Wildman–Crippen LogP) is 0.787. The lowest BCUT2D eigenvalue weighted by molar-refractivity contribution is -0.115. The summed E-state index contributed by atoms with van der Waals surface area (Å²) in [7, 11) is 0. The third-order valence-electron chi connectivity index (χ3n) is 1.27. The molecule has 0 radical (unpaired) electrons. The molecule has 6 nitrogen and oxygen atoms in total. The Morgan fingerprint density at radius 2 is 1.83 bits per heavy atom. The van der Waals surface area contributed by atoms with Crippen LogP contribution in [-0.2, 0) is 0 Å². The summed E-state index contributed by atoms with van der Waals surface area (Å²) in [6.45, 7) is 0. The van der Waals surface area contributed by atoms with E-state index in [0.29, 0.717) is 10.1 Å². The molecule has 0 aliphatic carbocycles. The van der Waals surface area contributed by atoms with E-state index in [2.05, 4.69) is 0 Å². The van der Waals surface area contributed by atoms with E-state index in [1.165, 1.54) is 0 Å². The number of aliphatic hydroxyl groups is 2. The van der Waals surface area contributed by atoms with Crippen molar-refractivity contribution in [2.75, 3.05) is 6.26 Å². The molecule has 0 fully saturated rings. The third-order valence-corrected chi connectivity index (χ3v) is 1.96. The van der Waals surface area contributed by atoms with Crippen LogP contribution in [0.15, 0.2) is 23.0 Å². The second-order valence-corrected chi connectivity index (χ2v) is 2.80. The van der Waals surface area contributed by atoms with Gasteiger partial charge in [-0.2, -0.15) is 10.1 Å². The van der Waals surface area contributed by atoms with Crippen LogP contribution < -0.4 is 0 Å². The van der Waals surface area contributed by atoms with Crippen molar-refractivity contribution in [2.45, 2.75) is 0 Å². The molecular weight excluding hydrogens is 184 g/mol. The number of hydroxylamine groups is 4. The van der Waals surface area contributed by atoms with Gasteiger partial charge in [0.05, 0.1) is 6.20 Å². The monoisotopic (exact) mass is 192 g/mol. The molecule has 12 heavy (non-hydrogen) atoms. The highest BCUT2D eigenvalue weighted by Crippen LogP contribution is 2.25. The molecule has 4 N–H and O–H groups in total. The summed E-state index contributed by atoms with van der Waals surface area (Å²) >= 11 is 1.09. The average molecular weight is 192 g/mol. The molecule has 0 aromatic heterocycles. The molecule has 0 spiro atoms. The van der Waals surface area contributed by atoms with E-state index in [1.807, 2.05) is 0 Å². The van der Waals surface area contributed by atoms with Crippen molar-refractivity contribution < 1.29 is 20.6 Å². The quantitative estimate of drug-likeness (QED) is 0.488. The van der Waals surface area contributed by atoms with Crippen molar-refractivity contribution in [1.82, 2.24) is 10.1 Å². The summed E-state index contributed by atoms with van der Waals surface area (Å²) < 4.78 is 0. The summed E-state index contributed by atoms with van der Waals surface area (Å²) in [5.74, 6) is -1.64. The fourth-order valence-electron chi connectivity index (χ4n) is 0.661. The van der Waals surface area contributed by atoms with Gasteiger partial charge < -0.3 is 10.2 Å². The van der Waals surface area contributed by atoms with Gasteiger partial charge in [0.1, 0.15) is 5.03 Å². The first-order chi connectivity index (χ1) is 5.57. The largest absolute Gasteiger partial charge is 0.489 e. The zero-order valence-electron chi connectivity index (χ0n) is 6.17. The summed E-state index contributed by atoms with van der Waals surface area (Å²) in [5.41, 5.74) is 0. The van der Waals surface area contributed by atoms with E-state index in [4.69, 9.17) is 20.6 Å². The van der Waals surface area contributed by atoms with Crippen LogP contribution in [0.5, 0.6) is 0 Å². The zero-order valence-corrected chi connectivity index (χ0v) is 6.99. The Balaban J connectivity index is 2.96. The summed E-state index contributed by atoms with van der Waals surface area (Å²) in [5, 5.41) is 36.7. The Kier molecular flexibility index (Phi) is 2.36. The summed E-state index contributed by atoms with van der Waals surface area (Å²) in [6, 6.07) is 0. The minimum Gasteiger partial charge on any atom is -0.489 e. The second-order valence-electron chi connectivity index (χ2n) is 1.98. The highest BCUT2D eigenvalue weighted by atomic mass is 32.2. The van der Waals surface area contributed by atoms with E-state index in [-0.39, 0.29) is 5.03 Å². The smallest absolute Gasteiger partial charge is 0.281 e. The van der Waals surface area contributed by atoms with E-state index in [9.17, 15) is 0 Å². The van der Waals surface area contributed by atoms with Crippen LogP contribution in [0, 0.1) is 0 Å². The zero-order chi connectivity index (χ0) is 9.30. The Bertz CT molecular complexity index is 252. The normalized spacial score (nSPS) is 18.4. The molecule has 0 bridgehead atoms. The molecule has 0 unspecified atom stereocenters. The number of thioether (sulfide) groups is 1. The first-order valence-corrected chi connectivity index (χ1v) is 4.15. The van der Waals surface area contributed by atoms with Crippen molar-refractivity contribution in [1.29, 1.82) is 0 Å². The second kappa shape index (κ2) is 3.13. The molecule has 0 saturated carbocycles. The lowest BCUT2D eigenvalue weighted by atomic mass is 10.6. The highest BCUT2D eigenvalue weighted by molar-refractivity contribution is 8.02. The first kappa shape index (κ1) is 9.04. The minimum atomic E-state index is -0.824. The standard InChI is InChI=1S/C5H8N2O4S/c1-12-3-2-6(10)4(8)5(9)7(3)11/h2,8-11H,1H3. The predicted molar refractivity (Wildman–Crippen MR) is 41.1 cm³/mol. The van der Waals surface area contributed by atoms with Gasteiger partial charge in [0.25, 0.3) is 11.8 Å². The van der Waals surface area contributed by atoms with Crippen molar-refractivity contribution in [3.63, 3.8) is 0 Å². The van der Waals surface area contributed by atoms with Gasteiger partial charge in [-0.15, -0.1) is 11.8 Å². The Morgan fingerprint density at radius 3 is 2.33 bits per heavy atom. The van der Waals surface area contributed by atoms with Crippen molar-refractivity contribution >= 4 is 11.8 Å². The van der Waals surface area contributed by atoms with E-state index >= 15 is 0 Å². The van der Waals surface area contributed by atoms with E-state index < -0.39 is 11.8 Å². The Hall–Kier alpha value is -1.05. The molecule has 0 saturated heterocycles. The summed E-state index contributed by atoms with van der Waals surface area (Å²) in [4.78, 5) is 0. The average Bonchev–Trinajstić information content (AvgIpc) is 2.08. The highest BCUT2D eigenvalue weighted by Gasteiger charge is 2.24. The maximum absolute atomic E-state index is 9.06. The van der Waals surface area contributed by atoms with Gasteiger partial charge in [-0.1, -0.05) is 0 Å². The molecular formula is C5H8N2O4S. The molecule has 0 atom stereocenters. The molecule has 1 heterocycles. The van der Waals surface area contributed by atoms with Crippen LogP contribution in [0.4, 0.5) is 0 Å². The van der Waals surface area contributed by atoms with Crippen molar-refractivity contribution in [2.24, 2.45) is 0 Å². The number of nitrogens with zero attached hydrogens (tertiary/aromatic N) is 2. The van der Waals surface area contributed by atoms with Crippen LogP contribution in [0.25, 0.3) is 0 Å². The maximum atomic E-state index is 9.06. The minimum absolute atomic E-state index is 0.188. The van der Waals surface area contributed by atoms with Crippen LogP contribution in [-0.4, -0.2) is 37.0 Å². The van der Waals surface area contributed by atoms with Gasteiger partial charge in [0, 0.05) is 0 Å². The van der Waals surface area contributed by atoms with Crippen LogP contribution in [0.2, 0.25) is 0 Å². The van der Waals surface area contributed by atoms with Gasteiger partial charge in [0.15, 0.2) is 0 Å². The molecule has 0 amide bonds. The van der Waals surface area contributed by atoms with Gasteiger partial charge in [-0.05, 0) is 6.26 Å². The Morgan fingerprint density at radius 1 is 1.25 bits per heavy atom. The lowest BCUT2D eigenvalue weighted by Gasteiger charge is -2.25. The Labute approximate surface area is 72.5 Å². The molecule has 0 aromatic carbocycles. The first-order valence-electron chi connectivity index (χ1n) is 2.93. The molecule has 1 aliphatic heterocycles. The topological polar surface area (TPSA) is 87.4 Å². The SMILES string of the molecule is CSC1=CN(O)C(O)=C(O)N1O. The van der Waals surface area contributed by atoms with Crippen LogP contribution in [0.1, 0.15) is 0 Å². The number of aliphatic hydroxyl groups excluding tert-OH is 2. The molecule has 0 aromatic rings. The fraction of sp³-hybridized carbons (Fsp3) is 0.200. The van der Waals surface area contributed by atoms with Crippen molar-refractivity contribution in [3.8, 4) is 0 Å². The maximum Gasteiger partial charge on any atom is 0.281 e. The van der Waals surface area contributed by atoms with Crippen molar-refractivity contribution in [3.05, 3.63) is 23.0 Å².